The van der Waals surface area contributed by atoms with Crippen molar-refractivity contribution in [1.29, 1.82) is 5.41 Å². The molecule has 1 aliphatic heterocycles. The second-order valence-corrected chi connectivity index (χ2v) is 6.01. The van der Waals surface area contributed by atoms with Crippen LogP contribution in [0.2, 0.25) is 0 Å². The largest absolute Gasteiger partial charge is 0.388 e. The van der Waals surface area contributed by atoms with Gasteiger partial charge in [0.25, 0.3) is 0 Å². The first-order valence-corrected chi connectivity index (χ1v) is 6.65. The van der Waals surface area contributed by atoms with Gasteiger partial charge in [-0.25, -0.2) is 0 Å². The molecule has 1 aliphatic carbocycles. The Hall–Kier alpha value is -0.570. The van der Waals surface area contributed by atoms with Gasteiger partial charge < -0.3 is 10.6 Å². The van der Waals surface area contributed by atoms with Crippen molar-refractivity contribution in [2.45, 2.75) is 45.4 Å². The van der Waals surface area contributed by atoms with E-state index in [1.165, 1.54) is 51.7 Å². The SMILES string of the molecule is CC1CCCN(CC2(CC(=N)N)CC2)CC1. The Bertz CT molecular complexity index is 258. The molecule has 1 unspecified atom stereocenters. The summed E-state index contributed by atoms with van der Waals surface area (Å²) in [6.45, 7) is 6.05. The van der Waals surface area contributed by atoms with E-state index < -0.39 is 0 Å². The van der Waals surface area contributed by atoms with Crippen LogP contribution < -0.4 is 5.73 Å². The number of amidine groups is 1. The highest BCUT2D eigenvalue weighted by Gasteiger charge is 2.44. The molecule has 0 spiro atoms. The summed E-state index contributed by atoms with van der Waals surface area (Å²) in [4.78, 5) is 2.61. The highest BCUT2D eigenvalue weighted by molar-refractivity contribution is 5.78. The Morgan fingerprint density at radius 1 is 1.38 bits per heavy atom. The normalized spacial score (nSPS) is 29.7. The molecule has 3 nitrogen and oxygen atoms in total. The van der Waals surface area contributed by atoms with Gasteiger partial charge in [0.05, 0.1) is 5.84 Å². The number of hydrogen-bond acceptors (Lipinski definition) is 2. The zero-order valence-electron chi connectivity index (χ0n) is 10.5. The van der Waals surface area contributed by atoms with E-state index in [9.17, 15) is 0 Å². The van der Waals surface area contributed by atoms with Crippen LogP contribution in [0.1, 0.15) is 45.4 Å². The molecule has 3 N–H and O–H groups in total. The molecule has 0 amide bonds. The summed E-state index contributed by atoms with van der Waals surface area (Å²) < 4.78 is 0. The minimum Gasteiger partial charge on any atom is -0.388 e. The third kappa shape index (κ3) is 3.21. The fraction of sp³-hybridized carbons (Fsp3) is 0.923. The average Bonchev–Trinajstić information content (AvgIpc) is 2.94. The molecule has 1 heterocycles. The van der Waals surface area contributed by atoms with E-state index in [0.717, 1.165) is 12.3 Å². The summed E-state index contributed by atoms with van der Waals surface area (Å²) in [7, 11) is 0. The second kappa shape index (κ2) is 4.74. The number of likely N-dealkylation sites (tertiary alicyclic amines) is 1. The van der Waals surface area contributed by atoms with Gasteiger partial charge in [-0.2, -0.15) is 0 Å². The van der Waals surface area contributed by atoms with Crippen molar-refractivity contribution in [3.63, 3.8) is 0 Å². The van der Waals surface area contributed by atoms with E-state index >= 15 is 0 Å². The van der Waals surface area contributed by atoms with E-state index in [0.29, 0.717) is 11.3 Å². The molecule has 0 aromatic rings. The molecule has 0 radical (unpaired) electrons. The molecule has 0 aromatic carbocycles. The zero-order valence-corrected chi connectivity index (χ0v) is 10.5. The monoisotopic (exact) mass is 223 g/mol. The molecule has 2 rings (SSSR count). The lowest BCUT2D eigenvalue weighted by molar-refractivity contribution is 0.227. The molecule has 2 aliphatic rings. The maximum absolute atomic E-state index is 7.44. The Morgan fingerprint density at radius 3 is 2.75 bits per heavy atom. The van der Waals surface area contributed by atoms with Gasteiger partial charge in [-0.3, -0.25) is 5.41 Å². The van der Waals surface area contributed by atoms with Crippen molar-refractivity contribution in [3.8, 4) is 0 Å². The Morgan fingerprint density at radius 2 is 2.12 bits per heavy atom. The molecule has 2 fully saturated rings. The van der Waals surface area contributed by atoms with E-state index in [-0.39, 0.29) is 0 Å². The minimum absolute atomic E-state index is 0.376. The molecular weight excluding hydrogens is 198 g/mol. The zero-order chi connectivity index (χ0) is 11.6. The van der Waals surface area contributed by atoms with Crippen LogP contribution in [-0.2, 0) is 0 Å². The summed E-state index contributed by atoms with van der Waals surface area (Å²) in [6.07, 6.45) is 7.44. The molecule has 0 aromatic heterocycles. The van der Waals surface area contributed by atoms with Crippen molar-refractivity contribution in [2.75, 3.05) is 19.6 Å². The van der Waals surface area contributed by atoms with Gasteiger partial charge in [0.1, 0.15) is 0 Å². The van der Waals surface area contributed by atoms with Crippen LogP contribution in [0.3, 0.4) is 0 Å². The summed E-state index contributed by atoms with van der Waals surface area (Å²) in [5, 5.41) is 7.44. The topological polar surface area (TPSA) is 53.1 Å². The first-order chi connectivity index (χ1) is 7.60. The van der Waals surface area contributed by atoms with Crippen molar-refractivity contribution in [2.24, 2.45) is 17.1 Å². The number of hydrogen-bond donors (Lipinski definition) is 2. The molecule has 1 atom stereocenters. The lowest BCUT2D eigenvalue weighted by atomic mass is 10.0. The predicted octanol–water partition coefficient (Wildman–Crippen LogP) is 2.21. The second-order valence-electron chi connectivity index (χ2n) is 6.01. The highest BCUT2D eigenvalue weighted by atomic mass is 15.1. The fourth-order valence-corrected chi connectivity index (χ4v) is 2.93. The number of nitrogens with one attached hydrogen (secondary N) is 1. The summed E-state index contributed by atoms with van der Waals surface area (Å²) in [5.41, 5.74) is 5.93. The maximum atomic E-state index is 7.44. The lowest BCUT2D eigenvalue weighted by Crippen LogP contribution is -2.33. The molecule has 92 valence electrons. The molecule has 3 heteroatoms. The number of nitrogens with two attached hydrogens (primary N) is 1. The summed E-state index contributed by atoms with van der Waals surface area (Å²) in [6, 6.07) is 0. The third-order valence-electron chi connectivity index (χ3n) is 4.19. The van der Waals surface area contributed by atoms with Crippen LogP contribution in [0.25, 0.3) is 0 Å². The van der Waals surface area contributed by atoms with Crippen molar-refractivity contribution >= 4 is 5.84 Å². The van der Waals surface area contributed by atoms with Crippen molar-refractivity contribution in [1.82, 2.24) is 4.90 Å². The van der Waals surface area contributed by atoms with Crippen LogP contribution in [0.5, 0.6) is 0 Å². The van der Waals surface area contributed by atoms with E-state index in [1.807, 2.05) is 0 Å². The Kier molecular flexibility index (Phi) is 3.53. The first kappa shape index (κ1) is 11.9. The van der Waals surface area contributed by atoms with Gasteiger partial charge >= 0.3 is 0 Å². The minimum atomic E-state index is 0.376. The van der Waals surface area contributed by atoms with Gasteiger partial charge in [0, 0.05) is 13.0 Å². The van der Waals surface area contributed by atoms with Gasteiger partial charge in [-0.15, -0.1) is 0 Å². The molecule has 0 bridgehead atoms. The van der Waals surface area contributed by atoms with Gasteiger partial charge in [-0.05, 0) is 56.5 Å². The van der Waals surface area contributed by atoms with Crippen LogP contribution in [0.4, 0.5) is 0 Å². The first-order valence-electron chi connectivity index (χ1n) is 6.65. The number of rotatable bonds is 4. The lowest BCUT2D eigenvalue weighted by Gasteiger charge is -2.25. The van der Waals surface area contributed by atoms with E-state index in [2.05, 4.69) is 11.8 Å². The van der Waals surface area contributed by atoms with Gasteiger partial charge in [0.2, 0.25) is 0 Å². The Labute approximate surface area is 98.9 Å². The molecular formula is C13H25N3. The average molecular weight is 223 g/mol. The standard InChI is InChI=1S/C13H25N3/c1-11-3-2-7-16(8-4-11)10-13(5-6-13)9-12(14)15/h11H,2-10H2,1H3,(H3,14,15). The highest BCUT2D eigenvalue weighted by Crippen LogP contribution is 2.49. The van der Waals surface area contributed by atoms with Crippen molar-refractivity contribution in [3.05, 3.63) is 0 Å². The maximum Gasteiger partial charge on any atom is 0.0911 e. The summed E-state index contributed by atoms with van der Waals surface area (Å²) >= 11 is 0. The third-order valence-corrected chi connectivity index (χ3v) is 4.19. The summed E-state index contributed by atoms with van der Waals surface area (Å²) in [5.74, 6) is 1.27. The fourth-order valence-electron chi connectivity index (χ4n) is 2.93. The number of nitrogens with zero attached hydrogens (tertiary/aromatic N) is 1. The van der Waals surface area contributed by atoms with Gasteiger partial charge in [-0.1, -0.05) is 6.92 Å². The van der Waals surface area contributed by atoms with Crippen LogP contribution >= 0.6 is 0 Å². The molecule has 1 saturated heterocycles. The van der Waals surface area contributed by atoms with E-state index in [1.54, 1.807) is 0 Å². The molecule has 1 saturated carbocycles. The van der Waals surface area contributed by atoms with Crippen LogP contribution in [0, 0.1) is 16.7 Å². The van der Waals surface area contributed by atoms with Crippen LogP contribution in [0.15, 0.2) is 0 Å². The van der Waals surface area contributed by atoms with E-state index in [4.69, 9.17) is 11.1 Å². The van der Waals surface area contributed by atoms with Crippen LogP contribution in [-0.4, -0.2) is 30.4 Å². The predicted molar refractivity (Wildman–Crippen MR) is 67.7 cm³/mol. The molecule has 16 heavy (non-hydrogen) atoms. The van der Waals surface area contributed by atoms with Crippen molar-refractivity contribution < 1.29 is 0 Å². The quantitative estimate of drug-likeness (QED) is 0.567. The van der Waals surface area contributed by atoms with Gasteiger partial charge in [0.15, 0.2) is 0 Å². The Balaban J connectivity index is 1.82. The smallest absolute Gasteiger partial charge is 0.0911 e.